The highest BCUT2D eigenvalue weighted by Crippen LogP contribution is 2.22. The smallest absolute Gasteiger partial charge is 0.0667 e. The van der Waals surface area contributed by atoms with Crippen molar-refractivity contribution in [1.82, 2.24) is 0 Å². The molecule has 1 aromatic rings. The first kappa shape index (κ1) is 11.7. The van der Waals surface area contributed by atoms with Crippen molar-refractivity contribution in [3.05, 3.63) is 21.9 Å². The predicted octanol–water partition coefficient (Wildman–Crippen LogP) is 2.74. The molecular formula is C11H19NOS. The van der Waals surface area contributed by atoms with Gasteiger partial charge in [0.25, 0.3) is 0 Å². The van der Waals surface area contributed by atoms with Crippen LogP contribution in [-0.2, 0) is 11.2 Å². The molecule has 2 nitrogen and oxygen atoms in total. The Hall–Kier alpha value is -0.380. The molecule has 0 saturated heterocycles. The van der Waals surface area contributed by atoms with Gasteiger partial charge < -0.3 is 10.5 Å². The van der Waals surface area contributed by atoms with E-state index >= 15 is 0 Å². The van der Waals surface area contributed by atoms with Gasteiger partial charge in [0, 0.05) is 16.4 Å². The average Bonchev–Trinajstić information content (AvgIpc) is 2.66. The highest BCUT2D eigenvalue weighted by molar-refractivity contribution is 7.12. The van der Waals surface area contributed by atoms with Gasteiger partial charge in [-0.2, -0.15) is 0 Å². The van der Waals surface area contributed by atoms with E-state index in [4.69, 9.17) is 10.5 Å². The molecule has 3 heteroatoms. The van der Waals surface area contributed by atoms with Crippen molar-refractivity contribution < 1.29 is 4.74 Å². The first-order valence-corrected chi connectivity index (χ1v) is 6.01. The normalized spacial score (nSPS) is 13.1. The van der Waals surface area contributed by atoms with Crippen LogP contribution in [0.2, 0.25) is 0 Å². The average molecular weight is 213 g/mol. The fraction of sp³-hybridized carbons (Fsp3) is 0.636. The lowest BCUT2D eigenvalue weighted by Gasteiger charge is -2.09. The Balaban J connectivity index is 2.39. The van der Waals surface area contributed by atoms with E-state index in [1.54, 1.807) is 11.3 Å². The highest BCUT2D eigenvalue weighted by Gasteiger charge is 2.08. The van der Waals surface area contributed by atoms with Gasteiger partial charge in [-0.05, 0) is 25.0 Å². The summed E-state index contributed by atoms with van der Waals surface area (Å²) in [6.07, 6.45) is 2.14. The maximum Gasteiger partial charge on any atom is 0.0667 e. The van der Waals surface area contributed by atoms with Crippen molar-refractivity contribution in [2.45, 2.75) is 32.7 Å². The van der Waals surface area contributed by atoms with Crippen molar-refractivity contribution >= 4 is 11.3 Å². The standard InChI is InChI=1S/C11H19NOS/c1-3-7-13-8-10(12)11-6-5-9(4-2)14-11/h5-6,10H,3-4,7-8,12H2,1-2H3. The van der Waals surface area contributed by atoms with E-state index in [1.165, 1.54) is 9.75 Å². The van der Waals surface area contributed by atoms with Crippen LogP contribution in [0.3, 0.4) is 0 Å². The third-order valence-corrected chi connectivity index (χ3v) is 3.40. The summed E-state index contributed by atoms with van der Waals surface area (Å²) in [7, 11) is 0. The lowest BCUT2D eigenvalue weighted by molar-refractivity contribution is 0.122. The second kappa shape index (κ2) is 6.17. The van der Waals surface area contributed by atoms with Crippen LogP contribution in [0.1, 0.15) is 36.1 Å². The molecule has 14 heavy (non-hydrogen) atoms. The minimum absolute atomic E-state index is 0.0480. The number of rotatable bonds is 6. The Kier molecular flexibility index (Phi) is 5.15. The second-order valence-electron chi connectivity index (χ2n) is 3.34. The molecule has 0 radical (unpaired) electrons. The summed E-state index contributed by atoms with van der Waals surface area (Å²) >= 11 is 1.79. The van der Waals surface area contributed by atoms with E-state index in [2.05, 4.69) is 26.0 Å². The number of hydrogen-bond acceptors (Lipinski definition) is 3. The molecule has 0 aliphatic carbocycles. The zero-order valence-electron chi connectivity index (χ0n) is 8.95. The minimum Gasteiger partial charge on any atom is -0.379 e. The van der Waals surface area contributed by atoms with Gasteiger partial charge in [0.05, 0.1) is 12.6 Å². The molecule has 1 atom stereocenters. The van der Waals surface area contributed by atoms with Crippen LogP contribution in [0.5, 0.6) is 0 Å². The molecule has 2 N–H and O–H groups in total. The van der Waals surface area contributed by atoms with Crippen molar-refractivity contribution in [2.75, 3.05) is 13.2 Å². The lowest BCUT2D eigenvalue weighted by Crippen LogP contribution is -2.16. The molecule has 0 spiro atoms. The molecule has 0 bridgehead atoms. The van der Waals surface area contributed by atoms with Gasteiger partial charge in [-0.3, -0.25) is 0 Å². The molecule has 0 saturated carbocycles. The molecular weight excluding hydrogens is 194 g/mol. The molecule has 80 valence electrons. The molecule has 1 rings (SSSR count). The van der Waals surface area contributed by atoms with Crippen LogP contribution >= 0.6 is 11.3 Å². The predicted molar refractivity (Wildman–Crippen MR) is 61.7 cm³/mol. The van der Waals surface area contributed by atoms with Gasteiger partial charge in [0.15, 0.2) is 0 Å². The van der Waals surface area contributed by atoms with Crippen LogP contribution in [0, 0.1) is 0 Å². The molecule has 0 fully saturated rings. The largest absolute Gasteiger partial charge is 0.379 e. The maximum absolute atomic E-state index is 5.99. The summed E-state index contributed by atoms with van der Waals surface area (Å²) in [6.45, 7) is 5.71. The summed E-state index contributed by atoms with van der Waals surface area (Å²) in [5.74, 6) is 0. The zero-order chi connectivity index (χ0) is 10.4. The number of aryl methyl sites for hydroxylation is 1. The van der Waals surface area contributed by atoms with Gasteiger partial charge in [-0.15, -0.1) is 11.3 Å². The van der Waals surface area contributed by atoms with Gasteiger partial charge >= 0.3 is 0 Å². The fourth-order valence-electron chi connectivity index (χ4n) is 1.22. The Morgan fingerprint density at radius 2 is 2.21 bits per heavy atom. The summed E-state index contributed by atoms with van der Waals surface area (Å²) in [4.78, 5) is 2.63. The molecule has 1 unspecified atom stereocenters. The van der Waals surface area contributed by atoms with E-state index in [-0.39, 0.29) is 6.04 Å². The number of thiophene rings is 1. The summed E-state index contributed by atoms with van der Waals surface area (Å²) in [6, 6.07) is 4.32. The van der Waals surface area contributed by atoms with Crippen molar-refractivity contribution in [2.24, 2.45) is 5.73 Å². The number of ether oxygens (including phenoxy) is 1. The van der Waals surface area contributed by atoms with Crippen LogP contribution in [-0.4, -0.2) is 13.2 Å². The van der Waals surface area contributed by atoms with Crippen molar-refractivity contribution in [1.29, 1.82) is 0 Å². The molecule has 0 aliphatic heterocycles. The Morgan fingerprint density at radius 1 is 1.43 bits per heavy atom. The Morgan fingerprint density at radius 3 is 2.79 bits per heavy atom. The van der Waals surface area contributed by atoms with Crippen LogP contribution in [0.4, 0.5) is 0 Å². The topological polar surface area (TPSA) is 35.2 Å². The maximum atomic E-state index is 5.99. The quantitative estimate of drug-likeness (QED) is 0.737. The van der Waals surface area contributed by atoms with Gasteiger partial charge in [-0.25, -0.2) is 0 Å². The molecule has 1 aromatic heterocycles. The van der Waals surface area contributed by atoms with Crippen molar-refractivity contribution in [3.8, 4) is 0 Å². The van der Waals surface area contributed by atoms with E-state index in [9.17, 15) is 0 Å². The number of nitrogens with two attached hydrogens (primary N) is 1. The molecule has 0 amide bonds. The van der Waals surface area contributed by atoms with E-state index < -0.39 is 0 Å². The van der Waals surface area contributed by atoms with Gasteiger partial charge in [-0.1, -0.05) is 13.8 Å². The monoisotopic (exact) mass is 213 g/mol. The first-order chi connectivity index (χ1) is 6.77. The van der Waals surface area contributed by atoms with Crippen LogP contribution < -0.4 is 5.73 Å². The lowest BCUT2D eigenvalue weighted by atomic mass is 10.2. The molecule has 0 aromatic carbocycles. The van der Waals surface area contributed by atoms with E-state index in [0.717, 1.165) is 19.4 Å². The molecule has 0 aliphatic rings. The van der Waals surface area contributed by atoms with E-state index in [1.807, 2.05) is 0 Å². The summed E-state index contributed by atoms with van der Waals surface area (Å²) in [5.41, 5.74) is 5.99. The minimum atomic E-state index is 0.0480. The Labute approximate surface area is 90.1 Å². The van der Waals surface area contributed by atoms with Crippen LogP contribution in [0.25, 0.3) is 0 Å². The summed E-state index contributed by atoms with van der Waals surface area (Å²) < 4.78 is 5.42. The summed E-state index contributed by atoms with van der Waals surface area (Å²) in [5, 5.41) is 0. The fourth-order valence-corrected chi connectivity index (χ4v) is 2.16. The van der Waals surface area contributed by atoms with Crippen molar-refractivity contribution in [3.63, 3.8) is 0 Å². The third kappa shape index (κ3) is 3.40. The highest BCUT2D eigenvalue weighted by atomic mass is 32.1. The van der Waals surface area contributed by atoms with Crippen LogP contribution in [0.15, 0.2) is 12.1 Å². The second-order valence-corrected chi connectivity index (χ2v) is 4.54. The van der Waals surface area contributed by atoms with Gasteiger partial charge in [0.1, 0.15) is 0 Å². The third-order valence-electron chi connectivity index (χ3n) is 2.04. The number of hydrogen-bond donors (Lipinski definition) is 1. The SMILES string of the molecule is CCCOCC(N)c1ccc(CC)s1. The van der Waals surface area contributed by atoms with Gasteiger partial charge in [0.2, 0.25) is 0 Å². The van der Waals surface area contributed by atoms with E-state index in [0.29, 0.717) is 6.61 Å². The first-order valence-electron chi connectivity index (χ1n) is 5.19. The molecule has 1 heterocycles. The Bertz CT molecular complexity index is 260. The zero-order valence-corrected chi connectivity index (χ0v) is 9.77.